The molecule has 0 atom stereocenters. The maximum Gasteiger partial charge on any atom is 0.251 e. The van der Waals surface area contributed by atoms with E-state index in [2.05, 4.69) is 10.3 Å². The van der Waals surface area contributed by atoms with E-state index in [-0.39, 0.29) is 5.91 Å². The quantitative estimate of drug-likeness (QED) is 0.915. The van der Waals surface area contributed by atoms with E-state index in [9.17, 15) is 4.79 Å². The normalized spacial score (nSPS) is 14.7. The van der Waals surface area contributed by atoms with Gasteiger partial charge in [0.1, 0.15) is 5.75 Å². The molecule has 134 valence electrons. The monoisotopic (exact) mass is 351 g/mol. The second kappa shape index (κ2) is 7.14. The van der Waals surface area contributed by atoms with Crippen LogP contribution in [0.4, 0.5) is 0 Å². The van der Waals surface area contributed by atoms with Gasteiger partial charge in [0.15, 0.2) is 0 Å². The standard InChI is InChI=1S/C20H21N3O3/c1-13-18-17(12-25-20(2,3)26-18)16(11-23-13)8-9-22-19(24)15-6-4-14(10-21)5-7-15/h4-7,11H,8-9,12H2,1-3H3,(H,22,24). The summed E-state index contributed by atoms with van der Waals surface area (Å²) in [6, 6.07) is 8.59. The van der Waals surface area contributed by atoms with Gasteiger partial charge in [-0.1, -0.05) is 0 Å². The second-order valence-corrected chi connectivity index (χ2v) is 6.66. The highest BCUT2D eigenvalue weighted by atomic mass is 16.7. The lowest BCUT2D eigenvalue weighted by Gasteiger charge is -2.34. The van der Waals surface area contributed by atoms with Crippen LogP contribution in [0.15, 0.2) is 30.5 Å². The number of carbonyl (C=O) groups excluding carboxylic acids is 1. The molecule has 2 aromatic rings. The van der Waals surface area contributed by atoms with Gasteiger partial charge in [-0.25, -0.2) is 0 Å². The molecule has 3 rings (SSSR count). The van der Waals surface area contributed by atoms with Crippen molar-refractivity contribution in [2.75, 3.05) is 6.54 Å². The van der Waals surface area contributed by atoms with Crippen molar-refractivity contribution >= 4 is 5.91 Å². The largest absolute Gasteiger partial charge is 0.461 e. The Morgan fingerprint density at radius 1 is 1.35 bits per heavy atom. The average Bonchev–Trinajstić information content (AvgIpc) is 2.63. The van der Waals surface area contributed by atoms with Gasteiger partial charge in [-0.3, -0.25) is 9.78 Å². The highest BCUT2D eigenvalue weighted by Crippen LogP contribution is 2.35. The van der Waals surface area contributed by atoms with E-state index in [1.165, 1.54) is 0 Å². The molecule has 0 fully saturated rings. The van der Waals surface area contributed by atoms with Crippen LogP contribution < -0.4 is 10.1 Å². The van der Waals surface area contributed by atoms with Crippen LogP contribution in [0.25, 0.3) is 0 Å². The number of aromatic nitrogens is 1. The molecule has 0 spiro atoms. The fourth-order valence-electron chi connectivity index (χ4n) is 2.81. The zero-order valence-corrected chi connectivity index (χ0v) is 15.1. The smallest absolute Gasteiger partial charge is 0.251 e. The molecule has 0 unspecified atom stereocenters. The predicted molar refractivity (Wildman–Crippen MR) is 95.7 cm³/mol. The number of nitriles is 1. The fraction of sp³-hybridized carbons (Fsp3) is 0.350. The van der Waals surface area contributed by atoms with Crippen molar-refractivity contribution in [1.29, 1.82) is 5.26 Å². The third-order valence-electron chi connectivity index (χ3n) is 4.27. The molecular formula is C20H21N3O3. The topological polar surface area (TPSA) is 84.2 Å². The molecule has 1 aliphatic heterocycles. The van der Waals surface area contributed by atoms with Crippen LogP contribution in [0, 0.1) is 18.3 Å². The number of nitrogens with zero attached hydrogens (tertiary/aromatic N) is 2. The molecule has 0 bridgehead atoms. The SMILES string of the molecule is Cc1ncc(CCNC(=O)c2ccc(C#N)cc2)c2c1OC(C)(C)OC2. The second-order valence-electron chi connectivity index (χ2n) is 6.66. The Balaban J connectivity index is 1.65. The van der Waals surface area contributed by atoms with Crippen LogP contribution in [0.3, 0.4) is 0 Å². The van der Waals surface area contributed by atoms with Gasteiger partial charge >= 0.3 is 0 Å². The molecule has 0 saturated carbocycles. The van der Waals surface area contributed by atoms with Crippen LogP contribution in [0.1, 0.15) is 46.6 Å². The molecule has 1 aromatic heterocycles. The van der Waals surface area contributed by atoms with Gasteiger partial charge in [-0.05, 0) is 43.2 Å². The number of hydrogen-bond donors (Lipinski definition) is 1. The van der Waals surface area contributed by atoms with Crippen LogP contribution in [-0.2, 0) is 17.8 Å². The minimum Gasteiger partial charge on any atom is -0.461 e. The minimum absolute atomic E-state index is 0.169. The molecule has 1 aromatic carbocycles. The van der Waals surface area contributed by atoms with Gasteiger partial charge in [-0.15, -0.1) is 0 Å². The molecule has 26 heavy (non-hydrogen) atoms. The van der Waals surface area contributed by atoms with E-state index in [0.29, 0.717) is 30.7 Å². The molecule has 0 saturated heterocycles. The number of ether oxygens (including phenoxy) is 2. The number of fused-ring (bicyclic) bond motifs is 1. The summed E-state index contributed by atoms with van der Waals surface area (Å²) in [5.74, 6) is -0.0590. The molecule has 0 aliphatic carbocycles. The number of aryl methyl sites for hydroxylation is 1. The highest BCUT2D eigenvalue weighted by molar-refractivity contribution is 5.94. The van der Waals surface area contributed by atoms with Crippen molar-refractivity contribution in [3.05, 3.63) is 58.4 Å². The van der Waals surface area contributed by atoms with Crippen LogP contribution in [0.5, 0.6) is 5.75 Å². The molecule has 1 amide bonds. The first-order valence-electron chi connectivity index (χ1n) is 8.48. The lowest BCUT2D eigenvalue weighted by molar-refractivity contribution is -0.180. The third-order valence-corrected chi connectivity index (χ3v) is 4.27. The Bertz CT molecular complexity index is 867. The Morgan fingerprint density at radius 3 is 2.77 bits per heavy atom. The fourth-order valence-corrected chi connectivity index (χ4v) is 2.81. The van der Waals surface area contributed by atoms with E-state index in [1.807, 2.05) is 33.0 Å². The average molecular weight is 351 g/mol. The number of amides is 1. The van der Waals surface area contributed by atoms with Gasteiger partial charge in [-0.2, -0.15) is 5.26 Å². The van der Waals surface area contributed by atoms with Gasteiger partial charge in [0.2, 0.25) is 5.79 Å². The highest BCUT2D eigenvalue weighted by Gasteiger charge is 2.30. The first-order chi connectivity index (χ1) is 12.4. The summed E-state index contributed by atoms with van der Waals surface area (Å²) in [6.45, 7) is 6.60. The minimum atomic E-state index is -0.665. The summed E-state index contributed by atoms with van der Waals surface area (Å²) in [7, 11) is 0. The van der Waals surface area contributed by atoms with Gasteiger partial charge in [0.25, 0.3) is 5.91 Å². The summed E-state index contributed by atoms with van der Waals surface area (Å²) in [4.78, 5) is 16.6. The summed E-state index contributed by atoms with van der Waals surface area (Å²) in [6.07, 6.45) is 2.44. The lowest BCUT2D eigenvalue weighted by atomic mass is 10.0. The van der Waals surface area contributed by atoms with Gasteiger partial charge < -0.3 is 14.8 Å². The lowest BCUT2D eigenvalue weighted by Crippen LogP contribution is -2.36. The van der Waals surface area contributed by atoms with Crippen molar-refractivity contribution in [1.82, 2.24) is 10.3 Å². The molecule has 1 N–H and O–H groups in total. The summed E-state index contributed by atoms with van der Waals surface area (Å²) in [5, 5.41) is 11.7. The first-order valence-corrected chi connectivity index (χ1v) is 8.48. The Morgan fingerprint density at radius 2 is 2.08 bits per heavy atom. The van der Waals surface area contributed by atoms with E-state index >= 15 is 0 Å². The number of benzene rings is 1. The number of hydrogen-bond acceptors (Lipinski definition) is 5. The number of nitrogens with one attached hydrogen (secondary N) is 1. The van der Waals surface area contributed by atoms with Crippen LogP contribution in [0.2, 0.25) is 0 Å². The zero-order valence-electron chi connectivity index (χ0n) is 15.1. The maximum absolute atomic E-state index is 12.2. The van der Waals surface area contributed by atoms with Crippen molar-refractivity contribution in [3.8, 4) is 11.8 Å². The van der Waals surface area contributed by atoms with E-state index in [0.717, 1.165) is 22.6 Å². The number of carbonyl (C=O) groups is 1. The maximum atomic E-state index is 12.2. The van der Waals surface area contributed by atoms with Crippen molar-refractivity contribution < 1.29 is 14.3 Å². The van der Waals surface area contributed by atoms with Crippen LogP contribution in [-0.4, -0.2) is 23.2 Å². The molecule has 6 nitrogen and oxygen atoms in total. The Kier molecular flexibility index (Phi) is 4.92. The van der Waals surface area contributed by atoms with E-state index in [4.69, 9.17) is 14.7 Å². The van der Waals surface area contributed by atoms with E-state index < -0.39 is 5.79 Å². The summed E-state index contributed by atoms with van der Waals surface area (Å²) < 4.78 is 11.7. The van der Waals surface area contributed by atoms with Crippen LogP contribution >= 0.6 is 0 Å². The zero-order chi connectivity index (χ0) is 18.7. The first kappa shape index (κ1) is 17.9. The summed E-state index contributed by atoms with van der Waals surface area (Å²) >= 11 is 0. The van der Waals surface area contributed by atoms with E-state index in [1.54, 1.807) is 24.3 Å². The number of rotatable bonds is 4. The van der Waals surface area contributed by atoms with Gasteiger partial charge in [0.05, 0.1) is 23.9 Å². The third kappa shape index (κ3) is 3.84. The Hall–Kier alpha value is -2.91. The van der Waals surface area contributed by atoms with Crippen molar-refractivity contribution in [2.24, 2.45) is 0 Å². The van der Waals surface area contributed by atoms with Crippen molar-refractivity contribution in [2.45, 2.75) is 39.6 Å². The molecule has 6 heteroatoms. The number of pyridine rings is 1. The van der Waals surface area contributed by atoms with Gasteiger partial charge in [0, 0.05) is 37.7 Å². The molecule has 0 radical (unpaired) electrons. The summed E-state index contributed by atoms with van der Waals surface area (Å²) in [5.41, 5.74) is 3.88. The molecular weight excluding hydrogens is 330 g/mol. The predicted octanol–water partition coefficient (Wildman–Crippen LogP) is 2.88. The Labute approximate surface area is 152 Å². The molecule has 2 heterocycles. The molecule has 1 aliphatic rings. The van der Waals surface area contributed by atoms with Crippen molar-refractivity contribution in [3.63, 3.8) is 0 Å².